The third-order valence-electron chi connectivity index (χ3n) is 8.01. The molecule has 44 heavy (non-hydrogen) atoms. The minimum Gasteiger partial charge on any atom is -0.433 e. The Morgan fingerprint density at radius 2 is 1.77 bits per heavy atom. The highest BCUT2D eigenvalue weighted by Gasteiger charge is 2.55. The van der Waals surface area contributed by atoms with Crippen molar-refractivity contribution in [3.8, 4) is 17.3 Å². The van der Waals surface area contributed by atoms with Crippen LogP contribution in [0.2, 0.25) is 0 Å². The Labute approximate surface area is 246 Å². The standard InChI is InChI=1S/C30H22F3N7O4/c1-14-8-24(44-26-17(31)4-2-5-18(26)32)35-13-23(14)40-27(34)16(12-36-40)25(41)21-10-15-9-19(33)22(11-20(15)37-21)39-28(42)30(6-3-7-30)38-29(39)43/h2,4-5,8-13,37H,3,6-7,34H2,1H3,(H,38,43). The first-order valence-electron chi connectivity index (χ1n) is 13.5. The number of pyridine rings is 1. The van der Waals surface area contributed by atoms with Gasteiger partial charge in [0, 0.05) is 17.0 Å². The zero-order valence-electron chi connectivity index (χ0n) is 23.0. The summed E-state index contributed by atoms with van der Waals surface area (Å²) in [7, 11) is 0. The number of nitrogens with zero attached hydrogens (tertiary/aromatic N) is 4. The molecule has 2 fully saturated rings. The Kier molecular flexibility index (Phi) is 5.99. The molecule has 14 heteroatoms. The number of aryl methyl sites for hydroxylation is 1. The van der Waals surface area contributed by atoms with E-state index in [1.807, 2.05) is 0 Å². The molecule has 1 saturated heterocycles. The number of carbonyl (C=O) groups is 3. The van der Waals surface area contributed by atoms with Crippen LogP contribution < -0.4 is 20.7 Å². The lowest BCUT2D eigenvalue weighted by Gasteiger charge is -2.34. The Balaban J connectivity index is 1.16. The van der Waals surface area contributed by atoms with Crippen LogP contribution in [0.5, 0.6) is 11.6 Å². The summed E-state index contributed by atoms with van der Waals surface area (Å²) in [5.74, 6) is -4.31. The first-order chi connectivity index (χ1) is 21.1. The van der Waals surface area contributed by atoms with E-state index in [0.717, 1.165) is 29.5 Å². The number of anilines is 2. The zero-order valence-corrected chi connectivity index (χ0v) is 23.0. The number of para-hydroxylation sites is 1. The molecular formula is C30H22F3N7O4. The van der Waals surface area contributed by atoms with E-state index >= 15 is 4.39 Å². The molecule has 11 nitrogen and oxygen atoms in total. The van der Waals surface area contributed by atoms with E-state index in [2.05, 4.69) is 20.4 Å². The molecule has 0 radical (unpaired) electrons. The Morgan fingerprint density at radius 3 is 2.43 bits per heavy atom. The fraction of sp³-hybridized carbons (Fsp3) is 0.167. The largest absolute Gasteiger partial charge is 0.433 e. The second kappa shape index (κ2) is 9.69. The molecule has 222 valence electrons. The van der Waals surface area contributed by atoms with E-state index in [4.69, 9.17) is 10.5 Å². The predicted octanol–water partition coefficient (Wildman–Crippen LogP) is 5.06. The van der Waals surface area contributed by atoms with Crippen molar-refractivity contribution in [2.45, 2.75) is 31.7 Å². The molecule has 1 saturated carbocycles. The number of nitrogens with one attached hydrogen (secondary N) is 2. The highest BCUT2D eigenvalue weighted by atomic mass is 19.1. The summed E-state index contributed by atoms with van der Waals surface area (Å²) in [6.45, 7) is 1.67. The van der Waals surface area contributed by atoms with Crippen LogP contribution in [0.1, 0.15) is 40.9 Å². The average Bonchev–Trinajstić information content (AvgIpc) is 3.63. The van der Waals surface area contributed by atoms with Crippen molar-refractivity contribution in [1.29, 1.82) is 0 Å². The van der Waals surface area contributed by atoms with Gasteiger partial charge in [-0.1, -0.05) is 6.07 Å². The molecule has 7 rings (SSSR count). The van der Waals surface area contributed by atoms with Gasteiger partial charge in [0.05, 0.1) is 35.0 Å². The summed E-state index contributed by atoms with van der Waals surface area (Å²) in [5.41, 5.74) is 6.44. The first kappa shape index (κ1) is 27.2. The number of carbonyl (C=O) groups excluding carboxylic acids is 3. The lowest BCUT2D eigenvalue weighted by Crippen LogP contribution is -2.52. The maximum atomic E-state index is 15.2. The van der Waals surface area contributed by atoms with Crippen molar-refractivity contribution >= 4 is 40.1 Å². The predicted molar refractivity (Wildman–Crippen MR) is 151 cm³/mol. The number of imide groups is 1. The van der Waals surface area contributed by atoms with E-state index in [1.54, 1.807) is 6.92 Å². The number of rotatable bonds is 6. The highest BCUT2D eigenvalue weighted by Crippen LogP contribution is 2.40. The van der Waals surface area contributed by atoms with Gasteiger partial charge in [0.1, 0.15) is 17.2 Å². The van der Waals surface area contributed by atoms with Crippen molar-refractivity contribution in [1.82, 2.24) is 25.1 Å². The monoisotopic (exact) mass is 601 g/mol. The van der Waals surface area contributed by atoms with Crippen molar-refractivity contribution in [2.24, 2.45) is 0 Å². The summed E-state index contributed by atoms with van der Waals surface area (Å²) in [6.07, 6.45) is 4.37. The van der Waals surface area contributed by atoms with E-state index in [1.165, 1.54) is 41.3 Å². The topological polar surface area (TPSA) is 148 Å². The molecule has 4 N–H and O–H groups in total. The molecule has 4 heterocycles. The summed E-state index contributed by atoms with van der Waals surface area (Å²) in [6, 6.07) is 7.96. The summed E-state index contributed by atoms with van der Waals surface area (Å²) in [5, 5.41) is 7.23. The number of aromatic nitrogens is 4. The van der Waals surface area contributed by atoms with Crippen LogP contribution >= 0.6 is 0 Å². The van der Waals surface area contributed by atoms with Crippen LogP contribution in [0.25, 0.3) is 16.6 Å². The third kappa shape index (κ3) is 4.09. The number of H-pyrrole nitrogens is 1. The number of benzene rings is 2. The molecule has 1 aliphatic heterocycles. The quantitative estimate of drug-likeness (QED) is 0.182. The lowest BCUT2D eigenvalue weighted by molar-refractivity contribution is -0.124. The number of halogens is 3. The Hall–Kier alpha value is -5.66. The number of fused-ring (bicyclic) bond motifs is 1. The number of amides is 3. The van der Waals surface area contributed by atoms with Gasteiger partial charge in [-0.3, -0.25) is 9.59 Å². The number of aromatic amines is 1. The smallest absolute Gasteiger partial charge is 0.329 e. The highest BCUT2D eigenvalue weighted by molar-refractivity contribution is 6.24. The average molecular weight is 602 g/mol. The normalized spacial score (nSPS) is 15.6. The second-order valence-electron chi connectivity index (χ2n) is 10.7. The van der Waals surface area contributed by atoms with Gasteiger partial charge in [0.2, 0.25) is 17.4 Å². The van der Waals surface area contributed by atoms with Crippen molar-refractivity contribution in [3.05, 3.63) is 89.1 Å². The number of ketones is 1. The number of urea groups is 1. The first-order valence-corrected chi connectivity index (χ1v) is 13.5. The molecule has 2 aromatic carbocycles. The van der Waals surface area contributed by atoms with Gasteiger partial charge in [-0.05, 0) is 62.1 Å². The van der Waals surface area contributed by atoms with Crippen LogP contribution in [0.15, 0.2) is 54.9 Å². The summed E-state index contributed by atoms with van der Waals surface area (Å²) < 4.78 is 49.7. The fourth-order valence-electron chi connectivity index (χ4n) is 5.50. The molecule has 5 aromatic rings. The molecule has 0 bridgehead atoms. The number of nitrogens with two attached hydrogens (primary N) is 1. The molecule has 3 amide bonds. The maximum Gasteiger partial charge on any atom is 0.329 e. The number of ether oxygens (including phenoxy) is 1. The summed E-state index contributed by atoms with van der Waals surface area (Å²) in [4.78, 5) is 46.8. The molecule has 0 atom stereocenters. The Morgan fingerprint density at radius 1 is 1.02 bits per heavy atom. The zero-order chi connectivity index (χ0) is 30.9. The number of hydrogen-bond acceptors (Lipinski definition) is 7. The van der Waals surface area contributed by atoms with E-state index in [9.17, 15) is 23.2 Å². The minimum atomic E-state index is -0.980. The molecule has 0 unspecified atom stereocenters. The molecule has 2 aliphatic rings. The van der Waals surface area contributed by atoms with Crippen LogP contribution in [0, 0.1) is 24.4 Å². The molecule has 1 spiro atoms. The van der Waals surface area contributed by atoms with Gasteiger partial charge in [-0.25, -0.2) is 32.5 Å². The van der Waals surface area contributed by atoms with Gasteiger partial charge in [-0.2, -0.15) is 5.10 Å². The third-order valence-corrected chi connectivity index (χ3v) is 8.01. The van der Waals surface area contributed by atoms with Crippen molar-refractivity contribution < 1.29 is 32.3 Å². The van der Waals surface area contributed by atoms with E-state index in [0.29, 0.717) is 35.0 Å². The van der Waals surface area contributed by atoms with Crippen LogP contribution in [0.4, 0.5) is 29.5 Å². The summed E-state index contributed by atoms with van der Waals surface area (Å²) >= 11 is 0. The van der Waals surface area contributed by atoms with E-state index in [-0.39, 0.29) is 28.6 Å². The molecule has 1 aliphatic carbocycles. The fourth-order valence-corrected chi connectivity index (χ4v) is 5.50. The second-order valence-corrected chi connectivity index (χ2v) is 10.7. The van der Waals surface area contributed by atoms with Crippen LogP contribution in [0.3, 0.4) is 0 Å². The van der Waals surface area contributed by atoms with Gasteiger partial charge < -0.3 is 20.8 Å². The van der Waals surface area contributed by atoms with Crippen molar-refractivity contribution in [2.75, 3.05) is 10.6 Å². The van der Waals surface area contributed by atoms with Gasteiger partial charge in [0.25, 0.3) is 5.91 Å². The lowest BCUT2D eigenvalue weighted by atomic mass is 9.77. The molecular weight excluding hydrogens is 579 g/mol. The Bertz CT molecular complexity index is 2030. The van der Waals surface area contributed by atoms with Crippen LogP contribution in [-0.2, 0) is 4.79 Å². The van der Waals surface area contributed by atoms with Gasteiger partial charge >= 0.3 is 6.03 Å². The van der Waals surface area contributed by atoms with Gasteiger partial charge in [0.15, 0.2) is 11.6 Å². The number of nitrogen functional groups attached to an aromatic ring is 1. The maximum absolute atomic E-state index is 15.2. The molecule has 3 aromatic heterocycles. The van der Waals surface area contributed by atoms with Gasteiger partial charge in [-0.15, -0.1) is 0 Å². The SMILES string of the molecule is Cc1cc(Oc2c(F)cccc2F)ncc1-n1ncc(C(=O)c2cc3cc(F)c(N4C(=O)NC5(CCC5)C4=O)cc3[nH]2)c1N. The minimum absolute atomic E-state index is 0.0237. The van der Waals surface area contributed by atoms with Crippen molar-refractivity contribution in [3.63, 3.8) is 0 Å². The number of hydrogen-bond donors (Lipinski definition) is 3. The van der Waals surface area contributed by atoms with E-state index < -0.39 is 46.5 Å². The van der Waals surface area contributed by atoms with Crippen LogP contribution in [-0.4, -0.2) is 43.0 Å².